The summed E-state index contributed by atoms with van der Waals surface area (Å²) < 4.78 is 0. The Labute approximate surface area is 99.3 Å². The molecule has 1 aromatic carbocycles. The van der Waals surface area contributed by atoms with E-state index in [-0.39, 0.29) is 5.92 Å². The molecular formula is C12H12ClN3. The smallest absolute Gasteiger partial charge is 0.149 e. The van der Waals surface area contributed by atoms with Gasteiger partial charge in [0.15, 0.2) is 0 Å². The molecule has 3 nitrogen and oxygen atoms in total. The monoisotopic (exact) mass is 233 g/mol. The third-order valence-electron chi connectivity index (χ3n) is 2.51. The van der Waals surface area contributed by atoms with E-state index in [0.717, 1.165) is 11.3 Å². The van der Waals surface area contributed by atoms with Crippen LogP contribution in [0.2, 0.25) is 5.15 Å². The Morgan fingerprint density at radius 2 is 1.94 bits per heavy atom. The molecule has 0 saturated carbocycles. The number of hydrogen-bond donors (Lipinski definition) is 1. The molecule has 0 unspecified atom stereocenters. The second kappa shape index (κ2) is 4.49. The topological polar surface area (TPSA) is 51.8 Å². The molecule has 4 heteroatoms. The maximum atomic E-state index is 5.80. The molecule has 2 aromatic rings. The van der Waals surface area contributed by atoms with Crippen molar-refractivity contribution in [2.75, 3.05) is 5.73 Å². The van der Waals surface area contributed by atoms with Gasteiger partial charge in [0, 0.05) is 5.92 Å². The van der Waals surface area contributed by atoms with Crippen molar-refractivity contribution in [1.29, 1.82) is 0 Å². The minimum atomic E-state index is 0.117. The minimum absolute atomic E-state index is 0.117. The lowest BCUT2D eigenvalue weighted by Gasteiger charge is -2.12. The van der Waals surface area contributed by atoms with Gasteiger partial charge in [0.25, 0.3) is 0 Å². The highest BCUT2D eigenvalue weighted by molar-refractivity contribution is 6.29. The van der Waals surface area contributed by atoms with Crippen LogP contribution >= 0.6 is 11.6 Å². The summed E-state index contributed by atoms with van der Waals surface area (Å²) in [5, 5.41) is 0.321. The van der Waals surface area contributed by atoms with Crippen LogP contribution in [-0.2, 0) is 0 Å². The first-order chi connectivity index (χ1) is 7.68. The predicted molar refractivity (Wildman–Crippen MR) is 65.4 cm³/mol. The summed E-state index contributed by atoms with van der Waals surface area (Å²) >= 11 is 5.71. The molecule has 0 amide bonds. The first kappa shape index (κ1) is 10.9. The molecule has 16 heavy (non-hydrogen) atoms. The second-order valence-corrected chi connectivity index (χ2v) is 3.98. The summed E-state index contributed by atoms with van der Waals surface area (Å²) in [6.07, 6.45) is 1.52. The fourth-order valence-electron chi connectivity index (χ4n) is 1.62. The largest absolute Gasteiger partial charge is 0.382 e. The molecule has 2 N–H and O–H groups in total. The molecule has 2 rings (SSSR count). The van der Waals surface area contributed by atoms with Crippen LogP contribution in [-0.4, -0.2) is 9.97 Å². The van der Waals surface area contributed by atoms with Crippen molar-refractivity contribution >= 4 is 17.4 Å². The quantitative estimate of drug-likeness (QED) is 0.868. The Bertz CT molecular complexity index is 485. The Hall–Kier alpha value is -1.61. The van der Waals surface area contributed by atoms with Crippen LogP contribution in [0.15, 0.2) is 36.5 Å². The lowest BCUT2D eigenvalue weighted by atomic mass is 9.97. The van der Waals surface area contributed by atoms with Crippen molar-refractivity contribution in [3.63, 3.8) is 0 Å². The van der Waals surface area contributed by atoms with Crippen LogP contribution in [0, 0.1) is 0 Å². The number of nitrogen functional groups attached to an aromatic ring is 1. The molecule has 82 valence electrons. The Kier molecular flexibility index (Phi) is 3.06. The average Bonchev–Trinajstić information content (AvgIpc) is 2.29. The van der Waals surface area contributed by atoms with Crippen LogP contribution in [0.1, 0.15) is 24.1 Å². The van der Waals surface area contributed by atoms with E-state index in [0.29, 0.717) is 11.0 Å². The Morgan fingerprint density at radius 3 is 2.56 bits per heavy atom. The number of benzene rings is 1. The van der Waals surface area contributed by atoms with Gasteiger partial charge in [-0.2, -0.15) is 0 Å². The molecule has 0 fully saturated rings. The van der Waals surface area contributed by atoms with E-state index in [4.69, 9.17) is 17.3 Å². The predicted octanol–water partition coefficient (Wildman–Crippen LogP) is 2.86. The maximum absolute atomic E-state index is 5.80. The number of aromatic nitrogens is 2. The molecule has 0 saturated heterocycles. The molecule has 0 spiro atoms. The zero-order valence-corrected chi connectivity index (χ0v) is 9.65. The zero-order valence-electron chi connectivity index (χ0n) is 8.89. The summed E-state index contributed by atoms with van der Waals surface area (Å²) in [4.78, 5) is 8.24. The van der Waals surface area contributed by atoms with Crippen molar-refractivity contribution in [3.8, 4) is 0 Å². The van der Waals surface area contributed by atoms with Crippen LogP contribution in [0.4, 0.5) is 5.82 Å². The van der Waals surface area contributed by atoms with Gasteiger partial charge in [-0.1, -0.05) is 48.9 Å². The van der Waals surface area contributed by atoms with Gasteiger partial charge in [0.1, 0.15) is 11.0 Å². The minimum Gasteiger partial charge on any atom is -0.382 e. The summed E-state index contributed by atoms with van der Waals surface area (Å²) in [5.41, 5.74) is 7.72. The molecule has 1 heterocycles. The number of nitrogens with two attached hydrogens (primary N) is 1. The third-order valence-corrected chi connectivity index (χ3v) is 2.69. The van der Waals surface area contributed by atoms with E-state index >= 15 is 0 Å². The van der Waals surface area contributed by atoms with Crippen LogP contribution in [0.25, 0.3) is 0 Å². The molecule has 0 bridgehead atoms. The van der Waals surface area contributed by atoms with Crippen molar-refractivity contribution in [2.45, 2.75) is 12.8 Å². The molecule has 0 aliphatic heterocycles. The van der Waals surface area contributed by atoms with E-state index in [2.05, 4.69) is 9.97 Å². The zero-order chi connectivity index (χ0) is 11.5. The van der Waals surface area contributed by atoms with Crippen molar-refractivity contribution < 1.29 is 0 Å². The van der Waals surface area contributed by atoms with Crippen molar-refractivity contribution in [2.24, 2.45) is 0 Å². The number of hydrogen-bond acceptors (Lipinski definition) is 3. The molecule has 1 aromatic heterocycles. The average molecular weight is 234 g/mol. The van der Waals surface area contributed by atoms with E-state index in [1.54, 1.807) is 0 Å². The fraction of sp³-hybridized carbons (Fsp3) is 0.167. The Balaban J connectivity index is 2.38. The lowest BCUT2D eigenvalue weighted by Crippen LogP contribution is -2.05. The lowest BCUT2D eigenvalue weighted by molar-refractivity contribution is 0.864. The normalized spacial score (nSPS) is 12.4. The van der Waals surface area contributed by atoms with Crippen molar-refractivity contribution in [3.05, 3.63) is 52.9 Å². The highest BCUT2D eigenvalue weighted by Gasteiger charge is 2.13. The van der Waals surface area contributed by atoms with Crippen LogP contribution < -0.4 is 5.73 Å². The first-order valence-corrected chi connectivity index (χ1v) is 5.39. The number of nitrogens with zero attached hydrogens (tertiary/aromatic N) is 2. The number of halogens is 1. The fourth-order valence-corrected chi connectivity index (χ4v) is 1.76. The first-order valence-electron chi connectivity index (χ1n) is 5.01. The molecule has 0 aliphatic carbocycles. The molecule has 0 aliphatic rings. The van der Waals surface area contributed by atoms with Crippen LogP contribution in [0.3, 0.4) is 0 Å². The van der Waals surface area contributed by atoms with Gasteiger partial charge in [-0.25, -0.2) is 4.98 Å². The molecule has 0 radical (unpaired) electrons. The van der Waals surface area contributed by atoms with Gasteiger partial charge in [-0.05, 0) is 5.56 Å². The van der Waals surface area contributed by atoms with E-state index in [1.165, 1.54) is 6.20 Å². The van der Waals surface area contributed by atoms with E-state index in [9.17, 15) is 0 Å². The van der Waals surface area contributed by atoms with Gasteiger partial charge < -0.3 is 5.73 Å². The number of rotatable bonds is 2. The highest BCUT2D eigenvalue weighted by atomic mass is 35.5. The van der Waals surface area contributed by atoms with Gasteiger partial charge in [-0.15, -0.1) is 0 Å². The SMILES string of the molecule is C[C@@H](c1ccccc1)c1ncc(Cl)nc1N. The summed E-state index contributed by atoms with van der Waals surface area (Å²) in [6, 6.07) is 10.0. The third kappa shape index (κ3) is 2.14. The van der Waals surface area contributed by atoms with Crippen LogP contribution in [0.5, 0.6) is 0 Å². The second-order valence-electron chi connectivity index (χ2n) is 3.60. The maximum Gasteiger partial charge on any atom is 0.149 e. The van der Waals surface area contributed by atoms with Crippen molar-refractivity contribution in [1.82, 2.24) is 9.97 Å². The van der Waals surface area contributed by atoms with Gasteiger partial charge in [0.2, 0.25) is 0 Å². The molecule has 1 atom stereocenters. The molecular weight excluding hydrogens is 222 g/mol. The number of anilines is 1. The van der Waals surface area contributed by atoms with Gasteiger partial charge in [0.05, 0.1) is 11.9 Å². The summed E-state index contributed by atoms with van der Waals surface area (Å²) in [5.74, 6) is 0.509. The Morgan fingerprint density at radius 1 is 1.25 bits per heavy atom. The summed E-state index contributed by atoms with van der Waals surface area (Å²) in [6.45, 7) is 2.05. The van der Waals surface area contributed by atoms with E-state index in [1.807, 2.05) is 37.3 Å². The van der Waals surface area contributed by atoms with Gasteiger partial charge >= 0.3 is 0 Å². The van der Waals surface area contributed by atoms with Gasteiger partial charge in [-0.3, -0.25) is 4.98 Å². The standard InChI is InChI=1S/C12H12ClN3/c1-8(9-5-3-2-4-6-9)11-12(14)16-10(13)7-15-11/h2-8H,1H3,(H2,14,16)/t8-/m0/s1. The summed E-state index contributed by atoms with van der Waals surface area (Å²) in [7, 11) is 0. The highest BCUT2D eigenvalue weighted by Crippen LogP contribution is 2.25. The van der Waals surface area contributed by atoms with E-state index < -0.39 is 0 Å².